The van der Waals surface area contributed by atoms with E-state index in [-0.39, 0.29) is 23.0 Å². The van der Waals surface area contributed by atoms with Crippen molar-refractivity contribution in [1.29, 1.82) is 0 Å². The molecule has 0 unspecified atom stereocenters. The summed E-state index contributed by atoms with van der Waals surface area (Å²) in [6.07, 6.45) is 0.725. The molecular formula is C20H29N3O5S. The van der Waals surface area contributed by atoms with Crippen LogP contribution in [0.4, 0.5) is 5.69 Å². The number of hydrogen-bond acceptors (Lipinski definition) is 6. The molecule has 2 aromatic rings. The van der Waals surface area contributed by atoms with Gasteiger partial charge in [0.2, 0.25) is 15.9 Å². The predicted molar refractivity (Wildman–Crippen MR) is 111 cm³/mol. The van der Waals surface area contributed by atoms with Gasteiger partial charge in [-0.05, 0) is 45.4 Å². The highest BCUT2D eigenvalue weighted by Crippen LogP contribution is 2.30. The van der Waals surface area contributed by atoms with E-state index in [0.717, 1.165) is 11.3 Å². The van der Waals surface area contributed by atoms with Crippen molar-refractivity contribution in [2.45, 2.75) is 52.4 Å². The molecule has 1 aromatic heterocycles. The van der Waals surface area contributed by atoms with Crippen LogP contribution in [0, 0.1) is 13.8 Å². The monoisotopic (exact) mass is 423 g/mol. The zero-order chi connectivity index (χ0) is 21.6. The van der Waals surface area contributed by atoms with Crippen molar-refractivity contribution in [3.05, 3.63) is 35.2 Å². The number of hydrogen-bond donors (Lipinski definition) is 1. The third kappa shape index (κ3) is 5.36. The number of ether oxygens (including phenoxy) is 1. The first-order valence-electron chi connectivity index (χ1n) is 9.73. The number of aromatic nitrogens is 1. The summed E-state index contributed by atoms with van der Waals surface area (Å²) in [5.41, 5.74) is 2.09. The van der Waals surface area contributed by atoms with Gasteiger partial charge in [-0.1, -0.05) is 19.0 Å². The summed E-state index contributed by atoms with van der Waals surface area (Å²) >= 11 is 0. The van der Waals surface area contributed by atoms with Gasteiger partial charge in [-0.2, -0.15) is 4.31 Å². The van der Waals surface area contributed by atoms with Gasteiger partial charge in [-0.3, -0.25) is 4.79 Å². The van der Waals surface area contributed by atoms with Crippen LogP contribution in [-0.4, -0.2) is 43.5 Å². The third-order valence-corrected chi connectivity index (χ3v) is 6.70. The molecule has 0 spiro atoms. The first-order chi connectivity index (χ1) is 13.7. The van der Waals surface area contributed by atoms with Gasteiger partial charge in [0.05, 0.1) is 12.3 Å². The summed E-state index contributed by atoms with van der Waals surface area (Å²) in [7, 11) is -3.73. The van der Waals surface area contributed by atoms with Crippen molar-refractivity contribution >= 4 is 21.6 Å². The van der Waals surface area contributed by atoms with E-state index in [1.54, 1.807) is 32.9 Å². The summed E-state index contributed by atoms with van der Waals surface area (Å²) in [5, 5.41) is 6.66. The lowest BCUT2D eigenvalue weighted by Crippen LogP contribution is -2.31. The topological polar surface area (TPSA) is 102 Å². The maximum Gasteiger partial charge on any atom is 0.246 e. The smallest absolute Gasteiger partial charge is 0.246 e. The van der Waals surface area contributed by atoms with Crippen molar-refractivity contribution < 1.29 is 22.5 Å². The Morgan fingerprint density at radius 2 is 1.90 bits per heavy atom. The fraction of sp³-hybridized carbons (Fsp3) is 0.500. The molecule has 0 atom stereocenters. The molecule has 1 amide bonds. The molecule has 2 rings (SSSR count). The van der Waals surface area contributed by atoms with E-state index in [0.29, 0.717) is 37.6 Å². The lowest BCUT2D eigenvalue weighted by atomic mass is 10.1. The highest BCUT2D eigenvalue weighted by Gasteiger charge is 2.26. The average Bonchev–Trinajstić information content (AvgIpc) is 3.00. The number of aryl methyl sites for hydroxylation is 2. The third-order valence-electron chi connectivity index (χ3n) is 4.63. The van der Waals surface area contributed by atoms with Crippen LogP contribution in [0.15, 0.2) is 27.6 Å². The van der Waals surface area contributed by atoms with E-state index in [1.807, 2.05) is 13.8 Å². The van der Waals surface area contributed by atoms with Crippen LogP contribution in [-0.2, 0) is 21.2 Å². The van der Waals surface area contributed by atoms with Crippen molar-refractivity contribution in [3.63, 3.8) is 0 Å². The summed E-state index contributed by atoms with van der Waals surface area (Å²) in [4.78, 5) is 12.4. The van der Waals surface area contributed by atoms with Gasteiger partial charge < -0.3 is 14.6 Å². The summed E-state index contributed by atoms with van der Waals surface area (Å²) in [5.74, 6) is 0.748. The van der Waals surface area contributed by atoms with E-state index in [1.165, 1.54) is 10.4 Å². The Labute approximate surface area is 172 Å². The number of amides is 1. The minimum atomic E-state index is -3.73. The van der Waals surface area contributed by atoms with Gasteiger partial charge in [0.25, 0.3) is 0 Å². The Kier molecular flexibility index (Phi) is 7.80. The number of sulfonamides is 1. The molecule has 0 aliphatic carbocycles. The molecule has 0 saturated heterocycles. The van der Waals surface area contributed by atoms with E-state index < -0.39 is 10.0 Å². The highest BCUT2D eigenvalue weighted by atomic mass is 32.2. The Hall–Kier alpha value is -2.39. The van der Waals surface area contributed by atoms with Gasteiger partial charge in [-0.25, -0.2) is 8.42 Å². The first-order valence-corrected chi connectivity index (χ1v) is 11.2. The van der Waals surface area contributed by atoms with Crippen LogP contribution in [0.1, 0.15) is 44.2 Å². The van der Waals surface area contributed by atoms with Gasteiger partial charge in [0, 0.05) is 30.8 Å². The Morgan fingerprint density at radius 3 is 2.45 bits per heavy atom. The summed E-state index contributed by atoms with van der Waals surface area (Å²) in [6, 6.07) is 4.66. The number of rotatable bonds is 10. The Bertz CT molecular complexity index is 930. The molecule has 9 heteroatoms. The van der Waals surface area contributed by atoms with Crippen LogP contribution >= 0.6 is 0 Å². The predicted octanol–water partition coefficient (Wildman–Crippen LogP) is 3.29. The average molecular weight is 424 g/mol. The van der Waals surface area contributed by atoms with Crippen molar-refractivity contribution in [3.8, 4) is 5.75 Å². The maximum absolute atomic E-state index is 13.0. The largest absolute Gasteiger partial charge is 0.492 e. The molecule has 0 saturated carbocycles. The Morgan fingerprint density at radius 1 is 1.21 bits per heavy atom. The SMILES string of the molecule is CCOc1ccc(NC(=O)CCc2c(C)noc2C)cc1S(=O)(=O)N(CC)CC. The number of anilines is 1. The molecule has 8 nitrogen and oxygen atoms in total. The van der Waals surface area contributed by atoms with Crippen LogP contribution in [0.3, 0.4) is 0 Å². The van der Waals surface area contributed by atoms with Gasteiger partial charge in [-0.15, -0.1) is 0 Å². The molecule has 1 aromatic carbocycles. The van der Waals surface area contributed by atoms with E-state index in [4.69, 9.17) is 9.26 Å². The lowest BCUT2D eigenvalue weighted by molar-refractivity contribution is -0.116. The number of carbonyl (C=O) groups excluding carboxylic acids is 1. The number of nitrogens with one attached hydrogen (secondary N) is 1. The molecule has 0 fully saturated rings. The summed E-state index contributed by atoms with van der Waals surface area (Å²) < 4.78 is 38.0. The molecule has 29 heavy (non-hydrogen) atoms. The summed E-state index contributed by atoms with van der Waals surface area (Å²) in [6.45, 7) is 10.0. The fourth-order valence-electron chi connectivity index (χ4n) is 3.09. The standard InChI is InChI=1S/C20H29N3O5S/c1-6-23(7-2)29(25,26)19-13-16(9-11-18(19)27-8-3)21-20(24)12-10-17-14(4)22-28-15(17)5/h9,11,13H,6-8,10,12H2,1-5H3,(H,21,24). The number of carbonyl (C=O) groups is 1. The number of benzene rings is 1. The molecule has 0 aliphatic heterocycles. The molecule has 0 aliphatic rings. The van der Waals surface area contributed by atoms with Gasteiger partial charge >= 0.3 is 0 Å². The lowest BCUT2D eigenvalue weighted by Gasteiger charge is -2.21. The van der Waals surface area contributed by atoms with Crippen LogP contribution in [0.25, 0.3) is 0 Å². The maximum atomic E-state index is 13.0. The Balaban J connectivity index is 2.22. The first kappa shape index (κ1) is 22.9. The number of nitrogens with zero attached hydrogens (tertiary/aromatic N) is 2. The van der Waals surface area contributed by atoms with Gasteiger partial charge in [0.15, 0.2) is 0 Å². The molecular weight excluding hydrogens is 394 g/mol. The molecule has 1 heterocycles. The second-order valence-corrected chi connectivity index (χ2v) is 8.44. The normalized spacial score (nSPS) is 11.7. The van der Waals surface area contributed by atoms with Crippen LogP contribution in [0.2, 0.25) is 0 Å². The molecule has 0 bridgehead atoms. The zero-order valence-corrected chi connectivity index (χ0v) is 18.4. The minimum absolute atomic E-state index is 0.0478. The van der Waals surface area contributed by atoms with Crippen molar-refractivity contribution in [1.82, 2.24) is 9.46 Å². The highest BCUT2D eigenvalue weighted by molar-refractivity contribution is 7.89. The van der Waals surface area contributed by atoms with Crippen molar-refractivity contribution in [2.24, 2.45) is 0 Å². The van der Waals surface area contributed by atoms with Crippen molar-refractivity contribution in [2.75, 3.05) is 25.0 Å². The molecule has 1 N–H and O–H groups in total. The van der Waals surface area contributed by atoms with Crippen LogP contribution in [0.5, 0.6) is 5.75 Å². The second-order valence-electron chi connectivity index (χ2n) is 6.53. The van der Waals surface area contributed by atoms with Gasteiger partial charge in [0.1, 0.15) is 16.4 Å². The van der Waals surface area contributed by atoms with E-state index in [2.05, 4.69) is 10.5 Å². The quantitative estimate of drug-likeness (QED) is 0.629. The van der Waals surface area contributed by atoms with Crippen LogP contribution < -0.4 is 10.1 Å². The van der Waals surface area contributed by atoms with E-state index >= 15 is 0 Å². The fourth-order valence-corrected chi connectivity index (χ4v) is 4.70. The second kappa shape index (κ2) is 9.89. The molecule has 160 valence electrons. The minimum Gasteiger partial charge on any atom is -0.492 e. The van der Waals surface area contributed by atoms with E-state index in [9.17, 15) is 13.2 Å². The molecule has 0 radical (unpaired) electrons. The zero-order valence-electron chi connectivity index (χ0n) is 17.6.